The second-order valence-corrected chi connectivity index (χ2v) is 28.2. The van der Waals surface area contributed by atoms with E-state index in [1.807, 2.05) is 6.08 Å². The van der Waals surface area contributed by atoms with E-state index in [1.165, 1.54) is 128 Å². The number of hydrogen-bond donors (Lipinski definition) is 17. The Bertz CT molecular complexity index is 2330. The van der Waals surface area contributed by atoms with E-state index in [1.54, 1.807) is 6.08 Å². The van der Waals surface area contributed by atoms with E-state index in [-0.39, 0.29) is 12.3 Å². The maximum atomic E-state index is 13.6. The van der Waals surface area contributed by atoms with Crippen molar-refractivity contribution in [1.29, 1.82) is 0 Å². The summed E-state index contributed by atoms with van der Waals surface area (Å²) < 4.78 is 48.0. The third-order valence-corrected chi connectivity index (χ3v) is 19.6. The Labute approximate surface area is 603 Å². The first-order chi connectivity index (χ1) is 49.0. The number of rotatable bonds is 54. The van der Waals surface area contributed by atoms with Crippen LogP contribution in [0.15, 0.2) is 24.3 Å². The van der Waals surface area contributed by atoms with Crippen molar-refractivity contribution in [3.05, 3.63) is 24.3 Å². The minimum Gasteiger partial charge on any atom is -0.477 e. The molecule has 23 atom stereocenters. The summed E-state index contributed by atoms with van der Waals surface area (Å²) in [6.45, 7) is 1.74. The van der Waals surface area contributed by atoms with Crippen LogP contribution < -0.4 is 16.0 Å². The summed E-state index contributed by atoms with van der Waals surface area (Å²) in [5.41, 5.74) is 0. The third kappa shape index (κ3) is 31.0. The van der Waals surface area contributed by atoms with Gasteiger partial charge in [0.1, 0.15) is 91.5 Å². The first-order valence-corrected chi connectivity index (χ1v) is 38.2. The van der Waals surface area contributed by atoms with Gasteiger partial charge >= 0.3 is 5.97 Å². The first-order valence-electron chi connectivity index (χ1n) is 38.2. The molecule has 0 saturated carbocycles. The van der Waals surface area contributed by atoms with Crippen molar-refractivity contribution in [1.82, 2.24) is 16.0 Å². The van der Waals surface area contributed by atoms with Crippen LogP contribution in [0.25, 0.3) is 0 Å². The van der Waals surface area contributed by atoms with Crippen molar-refractivity contribution in [2.45, 2.75) is 380 Å². The maximum Gasteiger partial charge on any atom is 0.364 e. The summed E-state index contributed by atoms with van der Waals surface area (Å²) in [6.07, 6.45) is 4.82. The van der Waals surface area contributed by atoms with Crippen LogP contribution >= 0.6 is 0 Å². The number of aliphatic carboxylic acids is 1. The minimum absolute atomic E-state index is 0.158. The van der Waals surface area contributed by atoms with E-state index in [0.29, 0.717) is 12.8 Å². The van der Waals surface area contributed by atoms with E-state index in [0.717, 1.165) is 71.6 Å². The van der Waals surface area contributed by atoms with Gasteiger partial charge in [-0.1, -0.05) is 192 Å². The normalized spacial score (nSPS) is 31.2. The number of hydrogen-bond acceptors (Lipinski definition) is 25. The monoisotopic (exact) mass is 1470 g/mol. The Kier molecular flexibility index (Phi) is 45.4. The van der Waals surface area contributed by atoms with E-state index < -0.39 is 198 Å². The van der Waals surface area contributed by atoms with Gasteiger partial charge in [0.25, 0.3) is 5.79 Å². The topological polar surface area (TPSA) is 461 Å². The fourth-order valence-electron chi connectivity index (χ4n) is 13.6. The zero-order valence-electron chi connectivity index (χ0n) is 61.0. The molecule has 4 fully saturated rings. The highest BCUT2D eigenvalue weighted by Gasteiger charge is 2.62. The molecule has 0 aromatic rings. The summed E-state index contributed by atoms with van der Waals surface area (Å²) in [4.78, 5) is 52.0. The van der Waals surface area contributed by atoms with E-state index >= 15 is 0 Å². The second kappa shape index (κ2) is 51.0. The Balaban J connectivity index is 1.48. The van der Waals surface area contributed by atoms with Gasteiger partial charge in [-0.2, -0.15) is 0 Å². The average Bonchev–Trinajstić information content (AvgIpc) is 0.751. The molecule has 0 aromatic heterocycles. The number of ether oxygens (including phenoxy) is 8. The van der Waals surface area contributed by atoms with Crippen LogP contribution in [0.1, 0.15) is 240 Å². The van der Waals surface area contributed by atoms with Crippen molar-refractivity contribution in [2.24, 2.45) is 0 Å². The lowest BCUT2D eigenvalue weighted by Crippen LogP contribution is -2.72. The summed E-state index contributed by atoms with van der Waals surface area (Å²) >= 11 is 0. The number of carbonyl (C=O) groups is 4. The van der Waals surface area contributed by atoms with Gasteiger partial charge in [0.05, 0.1) is 57.3 Å². The summed E-state index contributed by atoms with van der Waals surface area (Å²) in [6, 6.07) is -4.53. The van der Waals surface area contributed by atoms with Crippen molar-refractivity contribution in [3.8, 4) is 0 Å². The van der Waals surface area contributed by atoms with Crippen LogP contribution in [-0.2, 0) is 57.1 Å². The molecular weight excluding hydrogens is 1330 g/mol. The number of carboxylic acids is 1. The van der Waals surface area contributed by atoms with Gasteiger partial charge in [0.2, 0.25) is 17.7 Å². The van der Waals surface area contributed by atoms with Crippen LogP contribution in [0, 0.1) is 0 Å². The maximum absolute atomic E-state index is 13.6. The molecule has 0 aromatic carbocycles. The summed E-state index contributed by atoms with van der Waals surface area (Å²) in [7, 11) is 0. The largest absolute Gasteiger partial charge is 0.477 e. The number of carboxylic acid groups (broad SMARTS) is 1. The molecule has 4 saturated heterocycles. The smallest absolute Gasteiger partial charge is 0.364 e. The predicted molar refractivity (Wildman–Crippen MR) is 373 cm³/mol. The fourth-order valence-corrected chi connectivity index (χ4v) is 13.6. The Morgan fingerprint density at radius 3 is 1.45 bits per heavy atom. The molecule has 0 spiro atoms. The highest BCUT2D eigenvalue weighted by molar-refractivity contribution is 5.77. The zero-order chi connectivity index (χ0) is 75.0. The Morgan fingerprint density at radius 2 is 0.961 bits per heavy atom. The number of nitrogens with one attached hydrogen (secondary N) is 3. The molecule has 102 heavy (non-hydrogen) atoms. The van der Waals surface area contributed by atoms with Crippen LogP contribution in [0.2, 0.25) is 0 Å². The van der Waals surface area contributed by atoms with Crippen molar-refractivity contribution >= 4 is 23.7 Å². The lowest BCUT2D eigenvalue weighted by molar-refractivity contribution is -0.401. The molecule has 3 amide bonds. The van der Waals surface area contributed by atoms with Crippen LogP contribution in [0.3, 0.4) is 0 Å². The molecule has 0 radical (unpaired) electrons. The molecule has 594 valence electrons. The van der Waals surface area contributed by atoms with Crippen LogP contribution in [-0.4, -0.2) is 269 Å². The molecule has 4 aliphatic rings. The van der Waals surface area contributed by atoms with Gasteiger partial charge in [-0.25, -0.2) is 4.79 Å². The zero-order valence-corrected chi connectivity index (χ0v) is 61.0. The number of aliphatic hydroxyl groups excluding tert-OH is 13. The molecule has 17 N–H and O–H groups in total. The van der Waals surface area contributed by atoms with E-state index in [9.17, 15) is 90.7 Å². The minimum atomic E-state index is -3.28. The quantitative estimate of drug-likeness (QED) is 0.0307. The van der Waals surface area contributed by atoms with Gasteiger partial charge in [-0.15, -0.1) is 0 Å². The van der Waals surface area contributed by atoms with Gasteiger partial charge in [0.15, 0.2) is 18.9 Å². The fraction of sp³-hybridized carbons (Fsp3) is 0.890. The molecular formula is C73H131N3O26. The van der Waals surface area contributed by atoms with Crippen molar-refractivity contribution in [2.75, 3.05) is 33.0 Å². The third-order valence-electron chi connectivity index (χ3n) is 19.6. The Morgan fingerprint density at radius 1 is 0.510 bits per heavy atom. The summed E-state index contributed by atoms with van der Waals surface area (Å²) in [5, 5.41) is 163. The van der Waals surface area contributed by atoms with Crippen molar-refractivity contribution in [3.63, 3.8) is 0 Å². The molecule has 29 heteroatoms. The molecule has 4 heterocycles. The number of unbranched alkanes of at least 4 members (excludes halogenated alkanes) is 28. The molecule has 4 aliphatic heterocycles. The van der Waals surface area contributed by atoms with Gasteiger partial charge < -0.3 is 125 Å². The van der Waals surface area contributed by atoms with E-state index in [2.05, 4.69) is 41.9 Å². The molecule has 29 nitrogen and oxygen atoms in total. The highest BCUT2D eigenvalue weighted by atomic mass is 16.8. The second-order valence-electron chi connectivity index (χ2n) is 28.2. The Hall–Kier alpha value is -3.48. The molecule has 0 bridgehead atoms. The highest BCUT2D eigenvalue weighted by Crippen LogP contribution is 2.40. The lowest BCUT2D eigenvalue weighted by atomic mass is 9.88. The SMILES string of the molecule is CCCCCCCC/C=C\CCCCCCCCCCCCCC(=O)N[C@@H](CO[C@@H]1OC(CO)[C@@H](O[C@@H]2OC(CO)[C@H](O[C@@H]3OC(CO)[C@H](O)[C@H](O)C3NC(C)=O)[C@H](O[C@]3(C(=O)O)CC(O)[C@@H](NC(C)=O)C([C@H](O)[C@H](O)CO)O3)C2O)[C@H](O)C1O)[C@H](O)/C=C/CCCCCCCCCCCCC. The predicted octanol–water partition coefficient (Wildman–Crippen LogP) is 3.25. The van der Waals surface area contributed by atoms with Gasteiger partial charge in [0, 0.05) is 26.7 Å². The average molecular weight is 1470 g/mol. The van der Waals surface area contributed by atoms with E-state index in [4.69, 9.17) is 37.9 Å². The first kappa shape index (κ1) is 90.9. The van der Waals surface area contributed by atoms with Gasteiger partial charge in [-0.3, -0.25) is 14.4 Å². The van der Waals surface area contributed by atoms with Crippen molar-refractivity contribution < 1.29 is 129 Å². The molecule has 0 aliphatic carbocycles. The molecule has 8 unspecified atom stereocenters. The standard InChI is InChI=1S/C73H131N3O26/c1-5-7-9-11-13-15-17-19-20-21-22-23-24-25-26-28-30-32-34-36-38-40-56(86)76-49(50(83)39-37-35-33-31-29-27-18-16-14-12-10-8-6-2)46-95-70-63(91)62(90)65(54(44-79)97-70)99-71-64(92)68(66(55(45-80)98-71)100-69-58(75-48(4)82)61(89)60(88)53(43-78)96-69)102-73(72(93)94)41-51(84)57(74-47(3)81)67(101-73)59(87)52(85)42-77/h19-20,37,39,49-55,57-71,77-80,83-85,87-92H,5-18,21-36,38,40-46H2,1-4H3,(H,74,81)(H,75,82)(H,76,86)(H,93,94)/b20-19-,39-37+/t49-,50+,51?,52+,53?,54?,55?,57+,58?,59+,60-,61+,62+,63?,64?,65+,66-,67?,68+,69-,70+,71-,73-/m0/s1. The van der Waals surface area contributed by atoms with Crippen LogP contribution in [0.4, 0.5) is 0 Å². The number of carbonyl (C=O) groups excluding carboxylic acids is 3. The molecule has 4 rings (SSSR count). The number of allylic oxidation sites excluding steroid dienone is 3. The number of amides is 3. The lowest BCUT2D eigenvalue weighted by Gasteiger charge is -2.52. The number of aliphatic hydroxyl groups is 13. The summed E-state index contributed by atoms with van der Waals surface area (Å²) in [5.74, 6) is -7.37. The van der Waals surface area contributed by atoms with Crippen LogP contribution in [0.5, 0.6) is 0 Å². The van der Waals surface area contributed by atoms with Gasteiger partial charge in [-0.05, 0) is 44.9 Å².